The first-order valence-corrected chi connectivity index (χ1v) is 53.1. The second kappa shape index (κ2) is 97.3. The summed E-state index contributed by atoms with van der Waals surface area (Å²) >= 11 is 0. The van der Waals surface area contributed by atoms with Crippen molar-refractivity contribution < 1.29 is 123 Å². The number of nitrogens with two attached hydrogens (primary N) is 22. The lowest BCUT2D eigenvalue weighted by Gasteiger charge is -2.37. The van der Waals surface area contributed by atoms with E-state index in [4.69, 9.17) is 249 Å². The summed E-state index contributed by atoms with van der Waals surface area (Å²) in [6, 6.07) is -1.58. The molecule has 13 atom stereocenters. The Morgan fingerprint density at radius 3 is 0.279 bits per heavy atom. The molecule has 0 saturated heterocycles. The van der Waals surface area contributed by atoms with E-state index in [9.17, 15) is 0 Å². The van der Waals surface area contributed by atoms with Gasteiger partial charge in [-0.25, -0.2) is 0 Å². The maximum Gasteiger partial charge on any atom is 0.0637 e. The number of ether oxygens (including phenoxy) is 26. The van der Waals surface area contributed by atoms with Crippen LogP contribution in [0.4, 0.5) is 0 Å². The monoisotopic (exact) mass is 2140 g/mol. The van der Waals surface area contributed by atoms with Gasteiger partial charge in [0.15, 0.2) is 0 Å². The Morgan fingerprint density at radius 1 is 0.122 bits per heavy atom. The first-order chi connectivity index (χ1) is 69.9. The Bertz CT molecular complexity index is 2330. The van der Waals surface area contributed by atoms with E-state index in [1.54, 1.807) is 0 Å². The first kappa shape index (κ1) is 151. The summed E-state index contributed by atoms with van der Waals surface area (Å²) in [4.78, 5) is 0. The van der Waals surface area contributed by atoms with Crippen LogP contribution in [0.2, 0.25) is 0 Å². The van der Waals surface area contributed by atoms with Crippen LogP contribution in [-0.2, 0) is 123 Å². The standard InChI is InChI=1S/2C28H64N6O7.C23H54N6O7.C20H46N4O5/c2*1-21(29)7-35-13-27(14-36-8-22(2)30,15-37-9-23(3)31)19-41-20-28(16-38-10-24(4)32,17-39-11-25(5)33)18-40-12-26(6)34;1-21(29)12-35-18-23(16-33-10-5-27,17-34-11-6-28)20-36-19-22(13-30-7-2-24,14-31-8-3-25)15-32-9-4-26;1-3-19(13-25-9-5-21,14-26-10-6-22)17-29-18-20(4-2,15-27-11-7-23)16-28-12-8-24/h2*21-26H,7-20,29-34H2,1-6H3;21H,2-20,24-29H2,1H3;3-18,21-24H2,1-2H3. The van der Waals surface area contributed by atoms with Gasteiger partial charge in [-0.15, -0.1) is 0 Å². The molecule has 0 heterocycles. The minimum atomic E-state index is -0.643. The molecule has 0 aromatic carbocycles. The van der Waals surface area contributed by atoms with Gasteiger partial charge in [0.2, 0.25) is 0 Å². The molecule has 44 N–H and O–H groups in total. The molecule has 48 heteroatoms. The average Bonchev–Trinajstić information content (AvgIpc) is 0.812. The van der Waals surface area contributed by atoms with Gasteiger partial charge in [0.25, 0.3) is 0 Å². The van der Waals surface area contributed by atoms with Crippen molar-refractivity contribution in [2.75, 3.05) is 402 Å². The van der Waals surface area contributed by atoms with E-state index >= 15 is 0 Å². The quantitative estimate of drug-likeness (QED) is 0.0254. The van der Waals surface area contributed by atoms with E-state index in [-0.39, 0.29) is 129 Å². The highest BCUT2D eigenvalue weighted by Gasteiger charge is 2.43. The van der Waals surface area contributed by atoms with Crippen LogP contribution in [0.25, 0.3) is 0 Å². The molecule has 0 aromatic heterocycles. The molecule has 0 spiro atoms. The maximum absolute atomic E-state index is 6.44. The van der Waals surface area contributed by atoms with E-state index in [0.717, 1.165) is 12.8 Å². The van der Waals surface area contributed by atoms with Crippen molar-refractivity contribution in [3.8, 4) is 0 Å². The Labute approximate surface area is 886 Å². The molecule has 0 saturated carbocycles. The summed E-state index contributed by atoms with van der Waals surface area (Å²) in [6.45, 7) is 52.2. The second-order valence-corrected chi connectivity index (χ2v) is 41.7. The summed E-state index contributed by atoms with van der Waals surface area (Å²) in [5.74, 6) is 0. The zero-order chi connectivity index (χ0) is 111. The van der Waals surface area contributed by atoms with Crippen LogP contribution in [-0.4, -0.2) is 481 Å². The van der Waals surface area contributed by atoms with Crippen LogP contribution in [0.1, 0.15) is 117 Å². The fourth-order valence-corrected chi connectivity index (χ4v) is 13.6. The van der Waals surface area contributed by atoms with Crippen molar-refractivity contribution in [1.29, 1.82) is 0 Å². The van der Waals surface area contributed by atoms with Gasteiger partial charge < -0.3 is 249 Å². The zero-order valence-corrected chi connectivity index (χ0v) is 94.4. The van der Waals surface area contributed by atoms with E-state index in [1.165, 1.54) is 0 Å². The summed E-state index contributed by atoms with van der Waals surface area (Å²) in [5, 5.41) is 0. The number of rotatable bonds is 106. The van der Waals surface area contributed by atoms with E-state index in [1.807, 2.05) is 90.0 Å². The van der Waals surface area contributed by atoms with Crippen LogP contribution < -0.4 is 126 Å². The Morgan fingerprint density at radius 2 is 0.197 bits per heavy atom. The molecule has 0 bridgehead atoms. The van der Waals surface area contributed by atoms with Gasteiger partial charge in [-0.2, -0.15) is 0 Å². The maximum atomic E-state index is 6.44. The second-order valence-electron chi connectivity index (χ2n) is 41.7. The first-order valence-electron chi connectivity index (χ1n) is 53.1. The summed E-state index contributed by atoms with van der Waals surface area (Å²) < 4.78 is 155. The zero-order valence-electron chi connectivity index (χ0n) is 94.4. The molecule has 0 fully saturated rings. The SMILES string of the molecule is CC(N)COCC(COCC(C)N)(COCC(C)N)COCC(COCC(C)N)(COCC(C)N)COCC(C)N.CC(N)COCC(COCC(C)N)(COCC(C)N)COCC(COCC(C)N)(COCC(C)N)COCC(C)N.CC(N)COCC(COCCN)(COCCN)COCC(COCCN)(COCCN)COCCN.CCC(COCCN)(COCCN)COCC(CC)(COCCN)COCCN. The van der Waals surface area contributed by atoms with Crippen LogP contribution >= 0.6 is 0 Å². The highest BCUT2D eigenvalue weighted by Crippen LogP contribution is 2.33. The topological polar surface area (TPSA) is 812 Å². The van der Waals surface area contributed by atoms with Gasteiger partial charge in [-0.1, -0.05) is 13.8 Å². The average molecular weight is 2140 g/mol. The van der Waals surface area contributed by atoms with Gasteiger partial charge >= 0.3 is 0 Å². The van der Waals surface area contributed by atoms with Gasteiger partial charge in [-0.3, -0.25) is 0 Å². The fourth-order valence-electron chi connectivity index (χ4n) is 13.6. The molecule has 0 radical (unpaired) electrons. The number of hydrogen-bond acceptors (Lipinski definition) is 48. The molecule has 0 aliphatic carbocycles. The molecule has 48 nitrogen and oxygen atoms in total. The van der Waals surface area contributed by atoms with Crippen molar-refractivity contribution in [2.45, 2.75) is 195 Å². The predicted molar refractivity (Wildman–Crippen MR) is 580 cm³/mol. The lowest BCUT2D eigenvalue weighted by atomic mass is 9.86. The molecule has 0 aliphatic rings. The van der Waals surface area contributed by atoms with Crippen molar-refractivity contribution in [3.05, 3.63) is 0 Å². The molecule has 0 amide bonds. The molecule has 13 unspecified atom stereocenters. The van der Waals surface area contributed by atoms with Crippen LogP contribution in [0.3, 0.4) is 0 Å². The van der Waals surface area contributed by atoms with E-state index in [2.05, 4.69) is 13.8 Å². The Kier molecular flexibility index (Phi) is 100. The van der Waals surface area contributed by atoms with Crippen LogP contribution in [0.15, 0.2) is 0 Å². The van der Waals surface area contributed by atoms with E-state index < -0.39 is 32.5 Å². The third-order valence-corrected chi connectivity index (χ3v) is 21.1. The smallest absolute Gasteiger partial charge is 0.0637 e. The molecule has 147 heavy (non-hydrogen) atoms. The lowest BCUT2D eigenvalue weighted by Crippen LogP contribution is -2.47. The molecular formula is C99H228N22O26. The third-order valence-electron chi connectivity index (χ3n) is 21.1. The largest absolute Gasteiger partial charge is 0.380 e. The van der Waals surface area contributed by atoms with Gasteiger partial charge in [-0.05, 0) is 103 Å². The van der Waals surface area contributed by atoms with Crippen molar-refractivity contribution in [2.24, 2.45) is 169 Å². The minimum Gasteiger partial charge on any atom is -0.380 e. The normalized spacial score (nSPS) is 16.7. The highest BCUT2D eigenvalue weighted by molar-refractivity contribution is 4.90. The molecule has 0 rings (SSSR count). The molecule has 890 valence electrons. The van der Waals surface area contributed by atoms with Gasteiger partial charge in [0.05, 0.1) is 376 Å². The fraction of sp³-hybridized carbons (Fsp3) is 1.00. The van der Waals surface area contributed by atoms with E-state index in [0.29, 0.717) is 363 Å². The van der Waals surface area contributed by atoms with Crippen molar-refractivity contribution in [1.82, 2.24) is 0 Å². The Hall–Kier alpha value is -1.92. The van der Waals surface area contributed by atoms with Gasteiger partial charge in [0, 0.05) is 148 Å². The lowest BCUT2D eigenvalue weighted by molar-refractivity contribution is -0.144. The Balaban J connectivity index is -0.000000935. The van der Waals surface area contributed by atoms with Gasteiger partial charge in [0.1, 0.15) is 0 Å². The highest BCUT2D eigenvalue weighted by atomic mass is 16.6. The van der Waals surface area contributed by atoms with Crippen molar-refractivity contribution >= 4 is 0 Å². The van der Waals surface area contributed by atoms with Crippen LogP contribution in [0, 0.1) is 43.3 Å². The summed E-state index contributed by atoms with van der Waals surface area (Å²) in [5.41, 5.74) is 123. The summed E-state index contributed by atoms with van der Waals surface area (Å²) in [6.07, 6.45) is 1.71. The molecule has 0 aliphatic heterocycles. The summed E-state index contributed by atoms with van der Waals surface area (Å²) in [7, 11) is 0. The molecular weight excluding hydrogens is 1910 g/mol. The third kappa shape index (κ3) is 88.7. The molecule has 0 aromatic rings. The van der Waals surface area contributed by atoms with Crippen LogP contribution in [0.5, 0.6) is 0 Å². The minimum absolute atomic E-state index is 0.106. The predicted octanol–water partition coefficient (Wildman–Crippen LogP) is -4.77. The number of hydrogen-bond donors (Lipinski definition) is 22. The van der Waals surface area contributed by atoms with Crippen molar-refractivity contribution in [3.63, 3.8) is 0 Å².